The molecule has 0 spiro atoms. The molecule has 0 atom stereocenters. The van der Waals surface area contributed by atoms with Gasteiger partial charge in [0.25, 0.3) is 0 Å². The molecule has 0 saturated heterocycles. The molecule has 0 bridgehead atoms. The lowest BCUT2D eigenvalue weighted by atomic mass is 10.4. The molecule has 6 heteroatoms. The molecule has 0 aromatic carbocycles. The largest absolute Gasteiger partial charge is 0.284 e. The van der Waals surface area contributed by atoms with E-state index in [2.05, 4.69) is 37.0 Å². The van der Waals surface area contributed by atoms with Crippen molar-refractivity contribution >= 4 is 0 Å². The van der Waals surface area contributed by atoms with Gasteiger partial charge in [0, 0.05) is 6.20 Å². The van der Waals surface area contributed by atoms with Crippen molar-refractivity contribution in [3.63, 3.8) is 0 Å². The third-order valence-corrected chi connectivity index (χ3v) is 1.05. The fourth-order valence-electron chi connectivity index (χ4n) is 0.616. The van der Waals surface area contributed by atoms with Crippen molar-refractivity contribution in [1.29, 1.82) is 0 Å². The van der Waals surface area contributed by atoms with Gasteiger partial charge in [-0.2, -0.15) is 5.10 Å². The highest BCUT2D eigenvalue weighted by molar-refractivity contribution is 5.48. The first-order valence-electron chi connectivity index (χ1n) is 2.62. The lowest BCUT2D eigenvalue weighted by molar-refractivity contribution is 0.881. The highest BCUT2D eigenvalue weighted by Gasteiger charge is 2.00. The zero-order chi connectivity index (χ0) is 6.81. The summed E-state index contributed by atoms with van der Waals surface area (Å²) < 4.78 is 0. The summed E-state index contributed by atoms with van der Waals surface area (Å²) >= 11 is 0. The van der Waals surface area contributed by atoms with Gasteiger partial charge in [-0.15, -0.1) is 5.10 Å². The van der Waals surface area contributed by atoms with Crippen molar-refractivity contribution in [2.24, 2.45) is 0 Å². The molecule has 1 radical (unpaired) electrons. The molecular weight excluding hydrogens is 132 g/mol. The molecule has 0 aliphatic heterocycles. The quantitative estimate of drug-likeness (QED) is 0.546. The summed E-state index contributed by atoms with van der Waals surface area (Å²) in [5, 5.41) is 19.2. The number of nitrogens with zero attached hydrogens (tertiary/aromatic N) is 4. The van der Waals surface area contributed by atoms with E-state index in [1.54, 1.807) is 6.20 Å². The van der Waals surface area contributed by atoms with Gasteiger partial charge < -0.3 is 0 Å². The Morgan fingerprint density at radius 2 is 2.50 bits per heavy atom. The first-order valence-corrected chi connectivity index (χ1v) is 2.62. The van der Waals surface area contributed by atoms with E-state index in [4.69, 9.17) is 0 Å². The summed E-state index contributed by atoms with van der Waals surface area (Å²) in [5.74, 6) is 0.564. The van der Waals surface area contributed by atoms with Gasteiger partial charge in [0.15, 0.2) is 5.82 Å². The van der Waals surface area contributed by atoms with E-state index >= 15 is 0 Å². The maximum Gasteiger partial charge on any atom is 0.183 e. The van der Waals surface area contributed by atoms with Gasteiger partial charge in [-0.1, -0.05) is 0 Å². The van der Waals surface area contributed by atoms with Crippen molar-refractivity contribution in [2.75, 3.05) is 0 Å². The van der Waals surface area contributed by atoms with Crippen LogP contribution in [0.25, 0.3) is 11.4 Å². The Hall–Kier alpha value is -1.72. The van der Waals surface area contributed by atoms with E-state index in [1.807, 2.05) is 0 Å². The Morgan fingerprint density at radius 3 is 3.10 bits per heavy atom. The maximum absolute atomic E-state index is 3.65. The van der Waals surface area contributed by atoms with Crippen LogP contribution in [0.2, 0.25) is 0 Å². The van der Waals surface area contributed by atoms with Gasteiger partial charge in [0.1, 0.15) is 6.20 Å². The van der Waals surface area contributed by atoms with Gasteiger partial charge in [-0.3, -0.25) is 5.10 Å². The van der Waals surface area contributed by atoms with Gasteiger partial charge >= 0.3 is 0 Å². The van der Waals surface area contributed by atoms with Crippen molar-refractivity contribution in [1.82, 2.24) is 30.8 Å². The normalized spacial score (nSPS) is 10.0. The number of H-pyrrole nitrogens is 2. The van der Waals surface area contributed by atoms with E-state index in [1.165, 1.54) is 0 Å². The summed E-state index contributed by atoms with van der Waals surface area (Å²) in [6.07, 6.45) is 4.32. The molecule has 0 amide bonds. The Bertz CT molecular complexity index is 249. The molecule has 0 aliphatic carbocycles. The number of aromatic amines is 2. The second-order valence-corrected chi connectivity index (χ2v) is 1.66. The first kappa shape index (κ1) is 5.10. The summed E-state index contributed by atoms with van der Waals surface area (Å²) in [5.41, 5.74) is 0.727. The Balaban J connectivity index is 2.48. The smallest absolute Gasteiger partial charge is 0.183 e. The molecule has 0 saturated carbocycles. The lowest BCUT2D eigenvalue weighted by Gasteiger charge is -1.79. The van der Waals surface area contributed by atoms with Gasteiger partial charge in [-0.25, -0.2) is 5.10 Å². The van der Waals surface area contributed by atoms with Crippen LogP contribution >= 0.6 is 0 Å². The van der Waals surface area contributed by atoms with E-state index in [-0.39, 0.29) is 0 Å². The second kappa shape index (κ2) is 1.90. The van der Waals surface area contributed by atoms with Crippen molar-refractivity contribution < 1.29 is 0 Å². The van der Waals surface area contributed by atoms with Crippen LogP contribution in [0, 0.1) is 6.20 Å². The molecule has 49 valence electrons. The lowest BCUT2D eigenvalue weighted by Crippen LogP contribution is -1.75. The van der Waals surface area contributed by atoms with E-state index < -0.39 is 0 Å². The summed E-state index contributed by atoms with van der Waals surface area (Å²) in [6, 6.07) is 0. The number of hydrogen-bond acceptors (Lipinski definition) is 4. The fraction of sp³-hybridized carbons (Fsp3) is 0. The van der Waals surface area contributed by atoms with Crippen LogP contribution in [-0.4, -0.2) is 30.8 Å². The molecule has 6 nitrogen and oxygen atoms in total. The van der Waals surface area contributed by atoms with Crippen LogP contribution in [0.5, 0.6) is 0 Å². The first-order chi connectivity index (χ1) is 4.97. The molecule has 0 unspecified atom stereocenters. The van der Waals surface area contributed by atoms with Crippen LogP contribution in [0.3, 0.4) is 0 Å². The molecule has 10 heavy (non-hydrogen) atoms. The number of nitrogens with one attached hydrogen (secondary N) is 2. The Kier molecular flexibility index (Phi) is 0.970. The fourth-order valence-corrected chi connectivity index (χ4v) is 0.616. The second-order valence-electron chi connectivity index (χ2n) is 1.66. The van der Waals surface area contributed by atoms with Crippen LogP contribution < -0.4 is 0 Å². The summed E-state index contributed by atoms with van der Waals surface area (Å²) in [4.78, 5) is 0. The minimum Gasteiger partial charge on any atom is -0.284 e. The van der Waals surface area contributed by atoms with Crippen LogP contribution in [-0.2, 0) is 0 Å². The van der Waals surface area contributed by atoms with E-state index in [9.17, 15) is 0 Å². The van der Waals surface area contributed by atoms with Crippen LogP contribution in [0.15, 0.2) is 6.20 Å². The monoisotopic (exact) mass is 135 g/mol. The number of hydrogen-bond donors (Lipinski definition) is 2. The number of aromatic nitrogens is 6. The number of tetrazole rings is 1. The average Bonchev–Trinajstić information content (AvgIpc) is 2.59. The molecule has 0 fully saturated rings. The summed E-state index contributed by atoms with van der Waals surface area (Å²) in [6.45, 7) is 0. The molecule has 2 heterocycles. The summed E-state index contributed by atoms with van der Waals surface area (Å²) in [7, 11) is 0. The van der Waals surface area contributed by atoms with Gasteiger partial charge in [0.05, 0.1) is 5.56 Å². The molecule has 2 aromatic heterocycles. The Morgan fingerprint density at radius 1 is 1.50 bits per heavy atom. The SMILES string of the molecule is [c]1n[nH]cc1-c1nnn[nH]1. The van der Waals surface area contributed by atoms with Crippen molar-refractivity contribution in [3.05, 3.63) is 12.4 Å². The predicted molar refractivity (Wildman–Crippen MR) is 30.6 cm³/mol. The Labute approximate surface area is 55.7 Å². The van der Waals surface area contributed by atoms with Crippen LogP contribution in [0.4, 0.5) is 0 Å². The minimum atomic E-state index is 0.564. The topological polar surface area (TPSA) is 83.1 Å². The van der Waals surface area contributed by atoms with Crippen molar-refractivity contribution in [2.45, 2.75) is 0 Å². The molecule has 0 aliphatic rings. The minimum absolute atomic E-state index is 0.564. The predicted octanol–water partition coefficient (Wildman–Crippen LogP) is -0.610. The average molecular weight is 135 g/mol. The van der Waals surface area contributed by atoms with Crippen molar-refractivity contribution in [3.8, 4) is 11.4 Å². The van der Waals surface area contributed by atoms with E-state index in [0.717, 1.165) is 5.56 Å². The molecule has 2 rings (SSSR count). The molecular formula is C4H3N6. The highest BCUT2D eigenvalue weighted by Crippen LogP contribution is 2.06. The molecule has 2 N–H and O–H groups in total. The zero-order valence-electron chi connectivity index (χ0n) is 4.87. The van der Waals surface area contributed by atoms with Crippen LogP contribution in [0.1, 0.15) is 0 Å². The maximum atomic E-state index is 3.65. The standard InChI is InChI=1S/C4H3N6/c1-3(2-6-5-1)4-7-9-10-8-4/h1H,(H,5,6)(H,7,8,9,10). The van der Waals surface area contributed by atoms with Gasteiger partial charge in [-0.05, 0) is 10.4 Å². The third kappa shape index (κ3) is 0.661. The molecule has 2 aromatic rings. The highest BCUT2D eigenvalue weighted by atomic mass is 15.5. The zero-order valence-corrected chi connectivity index (χ0v) is 4.87. The number of rotatable bonds is 1. The third-order valence-electron chi connectivity index (χ3n) is 1.05. The van der Waals surface area contributed by atoms with Gasteiger partial charge in [0.2, 0.25) is 0 Å². The van der Waals surface area contributed by atoms with E-state index in [0.29, 0.717) is 5.82 Å².